The summed E-state index contributed by atoms with van der Waals surface area (Å²) < 4.78 is 11.0. The van der Waals surface area contributed by atoms with Gasteiger partial charge in [-0.25, -0.2) is 0 Å². The summed E-state index contributed by atoms with van der Waals surface area (Å²) in [4.78, 5) is 4.55. The van der Waals surface area contributed by atoms with Gasteiger partial charge in [0, 0.05) is 17.4 Å². The lowest BCUT2D eigenvalue weighted by Gasteiger charge is -2.23. The standard InChI is InChI=1S/C20H20N4O2/c1-12-19-18(20(21)24-23-19)17(11-22-12)13-3-5-15(6-4-13)26-16-9-7-14(25-2)8-10-16/h3-12,19,23H,1-2H3,(H2,21,24). The molecule has 0 spiro atoms. The van der Waals surface area contributed by atoms with Crippen LogP contribution in [0.1, 0.15) is 12.5 Å². The topological polar surface area (TPSA) is 81.2 Å². The van der Waals surface area contributed by atoms with Gasteiger partial charge in [-0.1, -0.05) is 12.1 Å². The van der Waals surface area contributed by atoms with Crippen molar-refractivity contribution in [3.8, 4) is 17.2 Å². The molecule has 0 aliphatic carbocycles. The van der Waals surface area contributed by atoms with Crippen LogP contribution in [-0.2, 0) is 0 Å². The van der Waals surface area contributed by atoms with Crippen LogP contribution in [0.15, 0.2) is 64.2 Å². The number of hydrazone groups is 1. The number of hydrogen-bond acceptors (Lipinski definition) is 6. The number of fused-ring (bicyclic) bond motifs is 1. The fourth-order valence-electron chi connectivity index (χ4n) is 3.14. The summed E-state index contributed by atoms with van der Waals surface area (Å²) in [6.07, 6.45) is 1.88. The zero-order chi connectivity index (χ0) is 18.1. The van der Waals surface area contributed by atoms with Crippen molar-refractivity contribution in [2.75, 3.05) is 7.11 Å². The number of allylic oxidation sites excluding steroid dienone is 1. The third-order valence-corrected chi connectivity index (χ3v) is 4.58. The number of methoxy groups -OCH3 is 1. The predicted octanol–water partition coefficient (Wildman–Crippen LogP) is 2.96. The van der Waals surface area contributed by atoms with Gasteiger partial charge in [-0.15, -0.1) is 0 Å². The molecule has 0 bridgehead atoms. The Kier molecular flexibility index (Phi) is 4.08. The quantitative estimate of drug-likeness (QED) is 0.890. The van der Waals surface area contributed by atoms with Crippen molar-refractivity contribution in [2.24, 2.45) is 15.8 Å². The van der Waals surface area contributed by atoms with Crippen LogP contribution in [-0.4, -0.2) is 31.2 Å². The van der Waals surface area contributed by atoms with Gasteiger partial charge in [-0.05, 0) is 48.9 Å². The number of amidine groups is 1. The van der Waals surface area contributed by atoms with E-state index in [1.165, 1.54) is 0 Å². The Bertz CT molecular complexity index is 898. The van der Waals surface area contributed by atoms with E-state index in [1.807, 2.05) is 61.7 Å². The lowest BCUT2D eigenvalue weighted by Crippen LogP contribution is -2.36. The molecule has 132 valence electrons. The fourth-order valence-corrected chi connectivity index (χ4v) is 3.14. The van der Waals surface area contributed by atoms with Gasteiger partial charge >= 0.3 is 0 Å². The molecule has 4 rings (SSSR count). The summed E-state index contributed by atoms with van der Waals surface area (Å²) in [5, 5.41) is 4.17. The van der Waals surface area contributed by atoms with Gasteiger partial charge < -0.3 is 15.2 Å². The minimum absolute atomic E-state index is 0.0326. The minimum atomic E-state index is 0.0326. The van der Waals surface area contributed by atoms with Crippen LogP contribution in [0.5, 0.6) is 17.2 Å². The molecule has 2 aromatic carbocycles. The Labute approximate surface area is 152 Å². The Hall–Kier alpha value is -3.28. The smallest absolute Gasteiger partial charge is 0.149 e. The Morgan fingerprint density at radius 3 is 2.23 bits per heavy atom. The number of hydrogen-bond donors (Lipinski definition) is 2. The van der Waals surface area contributed by atoms with Crippen molar-refractivity contribution in [3.63, 3.8) is 0 Å². The van der Waals surface area contributed by atoms with Gasteiger partial charge in [0.15, 0.2) is 0 Å². The average molecular weight is 348 g/mol. The molecule has 0 fully saturated rings. The summed E-state index contributed by atoms with van der Waals surface area (Å²) in [7, 11) is 1.64. The average Bonchev–Trinajstić information content (AvgIpc) is 3.06. The Morgan fingerprint density at radius 2 is 1.58 bits per heavy atom. The van der Waals surface area contributed by atoms with Gasteiger partial charge in [0.25, 0.3) is 0 Å². The second kappa shape index (κ2) is 6.55. The Balaban J connectivity index is 1.58. The van der Waals surface area contributed by atoms with E-state index in [9.17, 15) is 0 Å². The second-order valence-corrected chi connectivity index (χ2v) is 6.25. The Morgan fingerprint density at radius 1 is 0.962 bits per heavy atom. The molecule has 2 atom stereocenters. The molecule has 0 radical (unpaired) electrons. The van der Waals surface area contributed by atoms with E-state index in [0.717, 1.165) is 34.0 Å². The van der Waals surface area contributed by atoms with Gasteiger partial charge in [0.1, 0.15) is 23.1 Å². The third-order valence-electron chi connectivity index (χ3n) is 4.58. The zero-order valence-corrected chi connectivity index (χ0v) is 14.6. The van der Waals surface area contributed by atoms with E-state index in [2.05, 4.69) is 15.5 Å². The molecule has 2 aliphatic heterocycles. The predicted molar refractivity (Wildman–Crippen MR) is 103 cm³/mol. The van der Waals surface area contributed by atoms with Gasteiger partial charge in [0.05, 0.1) is 19.2 Å². The van der Waals surface area contributed by atoms with Gasteiger partial charge in [0.2, 0.25) is 0 Å². The SMILES string of the molecule is COc1ccc(Oc2ccc(C3=C4C(N)=NNC4C(C)N=C3)cc2)cc1. The minimum Gasteiger partial charge on any atom is -0.497 e. The molecule has 6 heteroatoms. The monoisotopic (exact) mass is 348 g/mol. The normalized spacial score (nSPS) is 21.1. The highest BCUT2D eigenvalue weighted by Crippen LogP contribution is 2.30. The lowest BCUT2D eigenvalue weighted by atomic mass is 9.90. The number of rotatable bonds is 4. The number of benzene rings is 2. The molecule has 2 aliphatic rings. The first-order chi connectivity index (χ1) is 12.7. The molecule has 6 nitrogen and oxygen atoms in total. The molecule has 0 aromatic heterocycles. The first-order valence-corrected chi connectivity index (χ1v) is 8.44. The van der Waals surface area contributed by atoms with Crippen molar-refractivity contribution in [1.82, 2.24) is 5.43 Å². The molecule has 26 heavy (non-hydrogen) atoms. The van der Waals surface area contributed by atoms with Crippen LogP contribution in [0.2, 0.25) is 0 Å². The largest absolute Gasteiger partial charge is 0.497 e. The third kappa shape index (κ3) is 2.90. The van der Waals surface area contributed by atoms with E-state index in [-0.39, 0.29) is 12.1 Å². The van der Waals surface area contributed by atoms with Crippen LogP contribution in [0.25, 0.3) is 5.57 Å². The van der Waals surface area contributed by atoms with E-state index in [1.54, 1.807) is 7.11 Å². The molecule has 2 aromatic rings. The van der Waals surface area contributed by atoms with Crippen LogP contribution in [0.4, 0.5) is 0 Å². The fraction of sp³-hybridized carbons (Fsp3) is 0.200. The van der Waals surface area contributed by atoms with E-state index < -0.39 is 0 Å². The maximum Gasteiger partial charge on any atom is 0.149 e. The maximum atomic E-state index is 6.07. The molecule has 2 heterocycles. The van der Waals surface area contributed by atoms with Crippen molar-refractivity contribution in [1.29, 1.82) is 0 Å². The van der Waals surface area contributed by atoms with Gasteiger partial charge in [-0.2, -0.15) is 5.10 Å². The van der Waals surface area contributed by atoms with Crippen LogP contribution < -0.4 is 20.6 Å². The molecule has 0 saturated heterocycles. The molecule has 0 saturated carbocycles. The van der Waals surface area contributed by atoms with E-state index in [0.29, 0.717) is 5.84 Å². The van der Waals surface area contributed by atoms with Crippen molar-refractivity contribution < 1.29 is 9.47 Å². The van der Waals surface area contributed by atoms with E-state index in [4.69, 9.17) is 15.2 Å². The molecular formula is C20H20N4O2. The summed E-state index contributed by atoms with van der Waals surface area (Å²) in [5.74, 6) is 2.84. The van der Waals surface area contributed by atoms with Crippen molar-refractivity contribution in [2.45, 2.75) is 19.0 Å². The number of nitrogens with zero attached hydrogens (tertiary/aromatic N) is 2. The summed E-state index contributed by atoms with van der Waals surface area (Å²) in [6.45, 7) is 2.05. The summed E-state index contributed by atoms with van der Waals surface area (Å²) in [6, 6.07) is 15.5. The van der Waals surface area contributed by atoms with Crippen LogP contribution in [0.3, 0.4) is 0 Å². The first kappa shape index (κ1) is 16.2. The maximum absolute atomic E-state index is 6.07. The first-order valence-electron chi connectivity index (χ1n) is 8.44. The highest BCUT2D eigenvalue weighted by atomic mass is 16.5. The molecule has 3 N–H and O–H groups in total. The van der Waals surface area contributed by atoms with Crippen LogP contribution in [0, 0.1) is 0 Å². The number of aliphatic imine (C=N–C) groups is 1. The second-order valence-electron chi connectivity index (χ2n) is 6.25. The van der Waals surface area contributed by atoms with Crippen molar-refractivity contribution in [3.05, 3.63) is 59.7 Å². The number of ether oxygens (including phenoxy) is 2. The molecule has 0 amide bonds. The lowest BCUT2D eigenvalue weighted by molar-refractivity contribution is 0.413. The number of dihydropyridines is 1. The number of nitrogens with two attached hydrogens (primary N) is 1. The highest BCUT2D eigenvalue weighted by Gasteiger charge is 2.33. The summed E-state index contributed by atoms with van der Waals surface area (Å²) >= 11 is 0. The van der Waals surface area contributed by atoms with Crippen LogP contribution >= 0.6 is 0 Å². The van der Waals surface area contributed by atoms with E-state index >= 15 is 0 Å². The summed E-state index contributed by atoms with van der Waals surface area (Å²) in [5.41, 5.74) is 12.2. The molecular weight excluding hydrogens is 328 g/mol. The van der Waals surface area contributed by atoms with Crippen molar-refractivity contribution >= 4 is 17.6 Å². The van der Waals surface area contributed by atoms with Gasteiger partial charge in [-0.3, -0.25) is 10.4 Å². The highest BCUT2D eigenvalue weighted by molar-refractivity contribution is 6.22. The zero-order valence-electron chi connectivity index (χ0n) is 14.6. The molecule has 2 unspecified atom stereocenters. The number of nitrogens with one attached hydrogen (secondary N) is 1.